The number of fused-ring (bicyclic) bond motifs is 1. The van der Waals surface area contributed by atoms with Crippen molar-refractivity contribution < 1.29 is 9.59 Å². The van der Waals surface area contributed by atoms with Gasteiger partial charge in [0.25, 0.3) is 5.91 Å². The molecule has 0 spiro atoms. The Morgan fingerprint density at radius 1 is 1.32 bits per heavy atom. The first-order valence-corrected chi connectivity index (χ1v) is 6.60. The first-order chi connectivity index (χ1) is 10.5. The van der Waals surface area contributed by atoms with E-state index in [2.05, 4.69) is 15.6 Å². The number of nitrogens with two attached hydrogens (primary N) is 1. The lowest BCUT2D eigenvalue weighted by molar-refractivity contribution is -0.114. The van der Waals surface area contributed by atoms with Gasteiger partial charge in [0, 0.05) is 24.2 Å². The molecule has 0 aliphatic carbocycles. The van der Waals surface area contributed by atoms with Crippen molar-refractivity contribution in [3.8, 4) is 0 Å². The standard InChI is InChI=1S/C14H14N6O2/c1-9(21)16-13-7-19(18-17-13)8-14(22)20-5-4-10-6-11(15)2-3-12(10)20/h2-7H,8,15H2,1H3,(H,16,21). The van der Waals surface area contributed by atoms with Gasteiger partial charge in [0.1, 0.15) is 6.54 Å². The molecule has 0 unspecified atom stereocenters. The second kappa shape index (κ2) is 5.32. The van der Waals surface area contributed by atoms with Crippen molar-refractivity contribution in [3.05, 3.63) is 36.7 Å². The summed E-state index contributed by atoms with van der Waals surface area (Å²) in [4.78, 5) is 23.3. The van der Waals surface area contributed by atoms with E-state index in [0.29, 0.717) is 11.5 Å². The van der Waals surface area contributed by atoms with E-state index in [-0.39, 0.29) is 18.4 Å². The maximum Gasteiger partial charge on any atom is 0.252 e. The first kappa shape index (κ1) is 13.8. The Hall–Kier alpha value is -3.16. The average Bonchev–Trinajstić information content (AvgIpc) is 3.04. The average molecular weight is 298 g/mol. The van der Waals surface area contributed by atoms with E-state index in [9.17, 15) is 9.59 Å². The number of aromatic nitrogens is 4. The van der Waals surface area contributed by atoms with E-state index in [1.165, 1.54) is 22.4 Å². The summed E-state index contributed by atoms with van der Waals surface area (Å²) < 4.78 is 2.91. The summed E-state index contributed by atoms with van der Waals surface area (Å²) in [5, 5.41) is 11.0. The summed E-state index contributed by atoms with van der Waals surface area (Å²) in [6.07, 6.45) is 3.20. The highest BCUT2D eigenvalue weighted by Gasteiger charge is 2.11. The third-order valence-electron chi connectivity index (χ3n) is 3.12. The van der Waals surface area contributed by atoms with E-state index in [1.807, 2.05) is 12.1 Å². The van der Waals surface area contributed by atoms with Gasteiger partial charge < -0.3 is 11.1 Å². The molecule has 3 N–H and O–H groups in total. The zero-order valence-corrected chi connectivity index (χ0v) is 11.9. The molecular formula is C14H14N6O2. The van der Waals surface area contributed by atoms with Crippen molar-refractivity contribution in [1.82, 2.24) is 19.6 Å². The maximum atomic E-state index is 12.4. The Labute approximate surface area is 125 Å². The Morgan fingerprint density at radius 2 is 2.14 bits per heavy atom. The topological polar surface area (TPSA) is 108 Å². The number of anilines is 2. The summed E-state index contributed by atoms with van der Waals surface area (Å²) in [5.74, 6) is -0.100. The molecule has 0 radical (unpaired) electrons. The number of rotatable bonds is 3. The molecule has 0 fully saturated rings. The molecule has 2 heterocycles. The summed E-state index contributed by atoms with van der Waals surface area (Å²) in [6.45, 7) is 1.39. The summed E-state index contributed by atoms with van der Waals surface area (Å²) >= 11 is 0. The number of nitrogen functional groups attached to an aromatic ring is 1. The molecule has 1 aromatic carbocycles. The van der Waals surface area contributed by atoms with Crippen LogP contribution < -0.4 is 11.1 Å². The maximum absolute atomic E-state index is 12.4. The van der Waals surface area contributed by atoms with Crippen LogP contribution in [0.4, 0.5) is 11.5 Å². The fraction of sp³-hybridized carbons (Fsp3) is 0.143. The summed E-state index contributed by atoms with van der Waals surface area (Å²) in [6, 6.07) is 7.18. The van der Waals surface area contributed by atoms with Gasteiger partial charge in [-0.1, -0.05) is 5.21 Å². The van der Waals surface area contributed by atoms with Crippen molar-refractivity contribution >= 4 is 34.2 Å². The number of hydrogen-bond acceptors (Lipinski definition) is 5. The highest BCUT2D eigenvalue weighted by atomic mass is 16.2. The molecule has 0 aliphatic rings. The minimum atomic E-state index is -0.243. The fourth-order valence-electron chi connectivity index (χ4n) is 2.21. The Balaban J connectivity index is 1.81. The van der Waals surface area contributed by atoms with Crippen molar-refractivity contribution in [2.75, 3.05) is 11.1 Å². The molecule has 1 amide bonds. The van der Waals surface area contributed by atoms with Crippen LogP contribution in [0, 0.1) is 0 Å². The number of carbonyl (C=O) groups excluding carboxylic acids is 2. The van der Waals surface area contributed by atoms with E-state index in [4.69, 9.17) is 5.73 Å². The molecule has 2 aromatic heterocycles. The van der Waals surface area contributed by atoms with Crippen LogP contribution in [0.25, 0.3) is 10.9 Å². The van der Waals surface area contributed by atoms with Gasteiger partial charge >= 0.3 is 0 Å². The lowest BCUT2D eigenvalue weighted by Gasteiger charge is -2.04. The lowest BCUT2D eigenvalue weighted by Crippen LogP contribution is -2.17. The summed E-state index contributed by atoms with van der Waals surface area (Å²) in [7, 11) is 0. The molecule has 8 heteroatoms. The van der Waals surface area contributed by atoms with Crippen molar-refractivity contribution in [1.29, 1.82) is 0 Å². The molecule has 0 aliphatic heterocycles. The van der Waals surface area contributed by atoms with E-state index in [0.717, 1.165) is 10.9 Å². The van der Waals surface area contributed by atoms with Crippen LogP contribution in [0.1, 0.15) is 11.7 Å². The fourth-order valence-corrected chi connectivity index (χ4v) is 2.21. The Morgan fingerprint density at radius 3 is 2.91 bits per heavy atom. The monoisotopic (exact) mass is 298 g/mol. The predicted molar refractivity (Wildman–Crippen MR) is 81.3 cm³/mol. The molecular weight excluding hydrogens is 284 g/mol. The third kappa shape index (κ3) is 2.66. The van der Waals surface area contributed by atoms with Gasteiger partial charge in [-0.15, -0.1) is 5.10 Å². The van der Waals surface area contributed by atoms with Crippen LogP contribution in [0.3, 0.4) is 0 Å². The number of amides is 1. The van der Waals surface area contributed by atoms with Crippen molar-refractivity contribution in [2.24, 2.45) is 0 Å². The first-order valence-electron chi connectivity index (χ1n) is 6.60. The smallest absolute Gasteiger partial charge is 0.252 e. The molecule has 22 heavy (non-hydrogen) atoms. The van der Waals surface area contributed by atoms with Crippen molar-refractivity contribution in [3.63, 3.8) is 0 Å². The quantitative estimate of drug-likeness (QED) is 0.704. The zero-order valence-electron chi connectivity index (χ0n) is 11.9. The number of nitrogens with one attached hydrogen (secondary N) is 1. The molecule has 3 rings (SSSR count). The SMILES string of the molecule is CC(=O)Nc1cn(CC(=O)n2ccc3cc(N)ccc32)nn1. The molecule has 0 saturated heterocycles. The van der Waals surface area contributed by atoms with Crippen LogP contribution in [-0.2, 0) is 11.3 Å². The molecule has 112 valence electrons. The minimum Gasteiger partial charge on any atom is -0.399 e. The molecule has 3 aromatic rings. The van der Waals surface area contributed by atoms with Gasteiger partial charge in [-0.25, -0.2) is 4.68 Å². The lowest BCUT2D eigenvalue weighted by atomic mass is 10.2. The molecule has 8 nitrogen and oxygen atoms in total. The van der Waals surface area contributed by atoms with E-state index < -0.39 is 0 Å². The number of benzene rings is 1. The minimum absolute atomic E-state index is 0.0146. The predicted octanol–water partition coefficient (Wildman–Crippen LogP) is 1.11. The van der Waals surface area contributed by atoms with Crippen LogP contribution >= 0.6 is 0 Å². The number of nitrogens with zero attached hydrogens (tertiary/aromatic N) is 4. The Kier molecular flexibility index (Phi) is 3.34. The second-order valence-corrected chi connectivity index (χ2v) is 4.88. The number of hydrogen-bond donors (Lipinski definition) is 2. The Bertz CT molecular complexity index is 863. The second-order valence-electron chi connectivity index (χ2n) is 4.88. The van der Waals surface area contributed by atoms with Gasteiger partial charge in [-0.2, -0.15) is 0 Å². The van der Waals surface area contributed by atoms with Gasteiger partial charge in [0.2, 0.25) is 5.91 Å². The van der Waals surface area contributed by atoms with Crippen molar-refractivity contribution in [2.45, 2.75) is 13.5 Å². The van der Waals surface area contributed by atoms with E-state index in [1.54, 1.807) is 18.3 Å². The summed E-state index contributed by atoms with van der Waals surface area (Å²) in [5.41, 5.74) is 7.15. The zero-order chi connectivity index (χ0) is 15.7. The van der Waals surface area contributed by atoms with Gasteiger partial charge in [-0.3, -0.25) is 14.2 Å². The van der Waals surface area contributed by atoms with Gasteiger partial charge in [0.05, 0.1) is 11.7 Å². The van der Waals surface area contributed by atoms with Crippen LogP contribution in [-0.4, -0.2) is 31.4 Å². The van der Waals surface area contributed by atoms with Gasteiger partial charge in [-0.05, 0) is 24.3 Å². The highest BCUT2D eigenvalue weighted by Crippen LogP contribution is 2.18. The molecule has 0 saturated carbocycles. The molecule has 0 atom stereocenters. The number of carbonyl (C=O) groups is 2. The highest BCUT2D eigenvalue weighted by molar-refractivity contribution is 5.93. The van der Waals surface area contributed by atoms with E-state index >= 15 is 0 Å². The third-order valence-corrected chi connectivity index (χ3v) is 3.12. The largest absolute Gasteiger partial charge is 0.399 e. The van der Waals surface area contributed by atoms with Gasteiger partial charge in [0.15, 0.2) is 5.82 Å². The van der Waals surface area contributed by atoms with Crippen LogP contribution in [0.2, 0.25) is 0 Å². The molecule has 0 bridgehead atoms. The normalized spacial score (nSPS) is 10.8. The van der Waals surface area contributed by atoms with Crippen LogP contribution in [0.5, 0.6) is 0 Å². The van der Waals surface area contributed by atoms with Crippen LogP contribution in [0.15, 0.2) is 36.7 Å².